The molecule has 150 valence electrons. The standard InChI is InChI=1S/C21H21N3O4S/c1-15-3-9-20(10-4-15)29(26,27)24-18-11-17(13-22-14-18)21(25)23-12-16-5-7-19(28-2)8-6-16/h3-11,13-14,24H,12H2,1-2H3,(H,23,25). The lowest BCUT2D eigenvalue weighted by molar-refractivity contribution is 0.0950. The van der Waals surface area contributed by atoms with Crippen molar-refractivity contribution >= 4 is 21.6 Å². The molecule has 2 N–H and O–H groups in total. The van der Waals surface area contributed by atoms with Gasteiger partial charge in [-0.3, -0.25) is 14.5 Å². The van der Waals surface area contributed by atoms with Gasteiger partial charge in [-0.15, -0.1) is 0 Å². The molecular weight excluding hydrogens is 390 g/mol. The summed E-state index contributed by atoms with van der Waals surface area (Å²) in [7, 11) is -2.18. The van der Waals surface area contributed by atoms with E-state index in [2.05, 4.69) is 15.0 Å². The van der Waals surface area contributed by atoms with Crippen molar-refractivity contribution in [1.82, 2.24) is 10.3 Å². The van der Waals surface area contributed by atoms with Crippen LogP contribution in [0.1, 0.15) is 21.5 Å². The van der Waals surface area contributed by atoms with E-state index in [1.807, 2.05) is 31.2 Å². The minimum absolute atomic E-state index is 0.137. The largest absolute Gasteiger partial charge is 0.497 e. The van der Waals surface area contributed by atoms with E-state index in [0.717, 1.165) is 16.9 Å². The molecule has 0 fully saturated rings. The first-order valence-electron chi connectivity index (χ1n) is 8.83. The van der Waals surface area contributed by atoms with Crippen molar-refractivity contribution in [2.45, 2.75) is 18.4 Å². The van der Waals surface area contributed by atoms with E-state index in [1.54, 1.807) is 19.2 Å². The fourth-order valence-electron chi connectivity index (χ4n) is 2.58. The number of carbonyl (C=O) groups excluding carboxylic acids is 1. The van der Waals surface area contributed by atoms with Gasteiger partial charge in [0.05, 0.1) is 29.5 Å². The van der Waals surface area contributed by atoms with Crippen LogP contribution >= 0.6 is 0 Å². The number of aromatic nitrogens is 1. The number of sulfonamides is 1. The van der Waals surface area contributed by atoms with Crippen molar-refractivity contribution in [3.05, 3.63) is 83.7 Å². The summed E-state index contributed by atoms with van der Waals surface area (Å²) < 4.78 is 32.6. The molecule has 0 spiro atoms. The van der Waals surface area contributed by atoms with Gasteiger partial charge in [0.15, 0.2) is 0 Å². The van der Waals surface area contributed by atoms with Gasteiger partial charge in [-0.2, -0.15) is 0 Å². The van der Waals surface area contributed by atoms with Crippen molar-refractivity contribution in [3.63, 3.8) is 0 Å². The van der Waals surface area contributed by atoms with Gasteiger partial charge in [-0.05, 0) is 42.8 Å². The smallest absolute Gasteiger partial charge is 0.261 e. The van der Waals surface area contributed by atoms with Crippen LogP contribution < -0.4 is 14.8 Å². The first-order valence-corrected chi connectivity index (χ1v) is 10.3. The van der Waals surface area contributed by atoms with E-state index in [0.29, 0.717) is 6.54 Å². The maximum Gasteiger partial charge on any atom is 0.261 e. The molecule has 0 saturated heterocycles. The number of nitrogens with zero attached hydrogens (tertiary/aromatic N) is 1. The molecule has 1 aromatic heterocycles. The van der Waals surface area contributed by atoms with Crippen molar-refractivity contribution < 1.29 is 17.9 Å². The van der Waals surface area contributed by atoms with Crippen LogP contribution in [-0.4, -0.2) is 26.4 Å². The van der Waals surface area contributed by atoms with E-state index in [-0.39, 0.29) is 22.1 Å². The van der Waals surface area contributed by atoms with Crippen LogP contribution in [0.15, 0.2) is 71.9 Å². The summed E-state index contributed by atoms with van der Waals surface area (Å²) >= 11 is 0. The Hall–Kier alpha value is -3.39. The molecular formula is C21H21N3O4S. The Morgan fingerprint density at radius 2 is 1.72 bits per heavy atom. The minimum Gasteiger partial charge on any atom is -0.497 e. The average Bonchev–Trinajstić information content (AvgIpc) is 2.72. The molecule has 0 bridgehead atoms. The molecule has 0 saturated carbocycles. The third-order valence-electron chi connectivity index (χ3n) is 4.20. The molecule has 0 atom stereocenters. The highest BCUT2D eigenvalue weighted by Gasteiger charge is 2.15. The molecule has 2 aromatic carbocycles. The Bertz CT molecular complexity index is 1100. The molecule has 8 heteroatoms. The number of ether oxygens (including phenoxy) is 1. The fourth-order valence-corrected chi connectivity index (χ4v) is 3.61. The number of hydrogen-bond donors (Lipinski definition) is 2. The zero-order valence-corrected chi connectivity index (χ0v) is 16.9. The number of methoxy groups -OCH3 is 1. The summed E-state index contributed by atoms with van der Waals surface area (Å²) in [6.45, 7) is 2.20. The maximum atomic E-state index is 12.5. The molecule has 0 aliphatic carbocycles. The van der Waals surface area contributed by atoms with Gasteiger partial charge in [-0.1, -0.05) is 29.8 Å². The third-order valence-corrected chi connectivity index (χ3v) is 5.59. The van der Waals surface area contributed by atoms with Gasteiger partial charge in [-0.25, -0.2) is 8.42 Å². The Morgan fingerprint density at radius 1 is 1.03 bits per heavy atom. The van der Waals surface area contributed by atoms with Crippen molar-refractivity contribution in [2.75, 3.05) is 11.8 Å². The summed E-state index contributed by atoms with van der Waals surface area (Å²) in [6.07, 6.45) is 2.74. The Kier molecular flexibility index (Phi) is 6.13. The predicted molar refractivity (Wildman–Crippen MR) is 110 cm³/mol. The SMILES string of the molecule is COc1ccc(CNC(=O)c2cncc(NS(=O)(=O)c3ccc(C)cc3)c2)cc1. The maximum absolute atomic E-state index is 12.5. The molecule has 1 heterocycles. The highest BCUT2D eigenvalue weighted by molar-refractivity contribution is 7.92. The van der Waals surface area contributed by atoms with Crippen LogP contribution in [0.2, 0.25) is 0 Å². The quantitative estimate of drug-likeness (QED) is 0.623. The molecule has 1 amide bonds. The Balaban J connectivity index is 1.68. The Labute approximate surface area is 169 Å². The first-order chi connectivity index (χ1) is 13.9. The zero-order chi connectivity index (χ0) is 20.9. The van der Waals surface area contributed by atoms with Crippen molar-refractivity contribution in [1.29, 1.82) is 0 Å². The number of hydrogen-bond acceptors (Lipinski definition) is 5. The molecule has 3 aromatic rings. The number of aryl methyl sites for hydroxylation is 1. The summed E-state index contributed by atoms with van der Waals surface area (Å²) in [5.74, 6) is 0.377. The summed E-state index contributed by atoms with van der Waals surface area (Å²) in [5, 5.41) is 2.78. The van der Waals surface area contributed by atoms with Crippen LogP contribution in [0.4, 0.5) is 5.69 Å². The van der Waals surface area contributed by atoms with Crippen LogP contribution in [0.5, 0.6) is 5.75 Å². The topological polar surface area (TPSA) is 97.4 Å². The number of benzene rings is 2. The third kappa shape index (κ3) is 5.32. The number of anilines is 1. The Morgan fingerprint density at radius 3 is 2.38 bits per heavy atom. The van der Waals surface area contributed by atoms with Gasteiger partial charge >= 0.3 is 0 Å². The van der Waals surface area contributed by atoms with Crippen LogP contribution in [0, 0.1) is 6.92 Å². The lowest BCUT2D eigenvalue weighted by atomic mass is 10.2. The number of pyridine rings is 1. The fraction of sp³-hybridized carbons (Fsp3) is 0.143. The highest BCUT2D eigenvalue weighted by Crippen LogP contribution is 2.17. The first kappa shape index (κ1) is 20.3. The summed E-state index contributed by atoms with van der Waals surface area (Å²) in [5.41, 5.74) is 2.33. The number of rotatable bonds is 7. The van der Waals surface area contributed by atoms with E-state index in [4.69, 9.17) is 4.74 Å². The second kappa shape index (κ2) is 8.74. The molecule has 0 radical (unpaired) electrons. The van der Waals surface area contributed by atoms with Gasteiger partial charge in [0.1, 0.15) is 5.75 Å². The van der Waals surface area contributed by atoms with Crippen LogP contribution in [0.25, 0.3) is 0 Å². The minimum atomic E-state index is -3.77. The zero-order valence-electron chi connectivity index (χ0n) is 16.0. The van der Waals surface area contributed by atoms with Crippen LogP contribution in [0.3, 0.4) is 0 Å². The number of carbonyl (C=O) groups is 1. The predicted octanol–water partition coefficient (Wildman–Crippen LogP) is 3.13. The van der Waals surface area contributed by atoms with E-state index in [9.17, 15) is 13.2 Å². The van der Waals surface area contributed by atoms with Crippen LogP contribution in [-0.2, 0) is 16.6 Å². The number of nitrogens with one attached hydrogen (secondary N) is 2. The second-order valence-corrected chi connectivity index (χ2v) is 8.09. The second-order valence-electron chi connectivity index (χ2n) is 6.41. The monoisotopic (exact) mass is 411 g/mol. The molecule has 0 aliphatic rings. The molecule has 0 aliphatic heterocycles. The molecule has 0 unspecified atom stereocenters. The molecule has 3 rings (SSSR count). The normalized spacial score (nSPS) is 11.0. The van der Waals surface area contributed by atoms with Crippen molar-refractivity contribution in [3.8, 4) is 5.75 Å². The van der Waals surface area contributed by atoms with Gasteiger partial charge in [0, 0.05) is 12.7 Å². The average molecular weight is 411 g/mol. The summed E-state index contributed by atoms with van der Waals surface area (Å²) in [4.78, 5) is 16.5. The highest BCUT2D eigenvalue weighted by atomic mass is 32.2. The van der Waals surface area contributed by atoms with Gasteiger partial charge < -0.3 is 10.1 Å². The van der Waals surface area contributed by atoms with Crippen molar-refractivity contribution in [2.24, 2.45) is 0 Å². The van der Waals surface area contributed by atoms with E-state index < -0.39 is 10.0 Å². The number of amides is 1. The van der Waals surface area contributed by atoms with E-state index >= 15 is 0 Å². The lowest BCUT2D eigenvalue weighted by Gasteiger charge is -2.10. The summed E-state index contributed by atoms with van der Waals surface area (Å²) in [6, 6.07) is 15.3. The van der Waals surface area contributed by atoms with E-state index in [1.165, 1.54) is 30.6 Å². The van der Waals surface area contributed by atoms with Gasteiger partial charge in [0.25, 0.3) is 15.9 Å². The van der Waals surface area contributed by atoms with Gasteiger partial charge in [0.2, 0.25) is 0 Å². The lowest BCUT2D eigenvalue weighted by Crippen LogP contribution is -2.23. The molecule has 29 heavy (non-hydrogen) atoms. The molecule has 7 nitrogen and oxygen atoms in total.